The topological polar surface area (TPSA) is 125 Å². The van der Waals surface area contributed by atoms with Crippen LogP contribution in [-0.4, -0.2) is 32.5 Å². The van der Waals surface area contributed by atoms with Gasteiger partial charge in [0, 0.05) is 36.1 Å². The second-order valence-electron chi connectivity index (χ2n) is 7.27. The Balaban J connectivity index is 1.46. The van der Waals surface area contributed by atoms with Crippen molar-refractivity contribution in [2.45, 2.75) is 32.4 Å². The second-order valence-corrected chi connectivity index (χ2v) is 7.27. The van der Waals surface area contributed by atoms with Crippen LogP contribution < -0.4 is 16.0 Å². The number of aromatic nitrogens is 2. The fourth-order valence-electron chi connectivity index (χ4n) is 3.52. The number of imide groups is 1. The normalized spacial score (nSPS) is 16.4. The standard InChI is InChI=1S/C21H21N5O4/c1-12-6-7-22-17(8-12)24-21(30)23-10-13-2-3-15-14(9-13)11-26(20(15)29)16-4-5-18(27)25-19(16)28/h2-3,6-9,11,16,29H,4-5,10H2,1H3,(H,25,27,28)(H2,22,23,24,30). The van der Waals surface area contributed by atoms with E-state index in [0.717, 1.165) is 16.5 Å². The lowest BCUT2D eigenvalue weighted by Gasteiger charge is -2.22. The number of nitrogens with one attached hydrogen (secondary N) is 3. The summed E-state index contributed by atoms with van der Waals surface area (Å²) in [6.07, 6.45) is 3.87. The number of hydrogen-bond acceptors (Lipinski definition) is 5. The van der Waals surface area contributed by atoms with Crippen LogP contribution in [0.4, 0.5) is 10.6 Å². The van der Waals surface area contributed by atoms with Gasteiger partial charge in [0.25, 0.3) is 0 Å². The molecular formula is C21H21N5O4. The average Bonchev–Trinajstić information content (AvgIpc) is 3.02. The molecule has 9 nitrogen and oxygen atoms in total. The van der Waals surface area contributed by atoms with E-state index >= 15 is 0 Å². The van der Waals surface area contributed by atoms with E-state index in [2.05, 4.69) is 20.9 Å². The lowest BCUT2D eigenvalue weighted by Crippen LogP contribution is -2.41. The van der Waals surface area contributed by atoms with Gasteiger partial charge in [-0.2, -0.15) is 0 Å². The molecule has 0 bridgehead atoms. The molecule has 0 aliphatic carbocycles. The molecule has 154 valence electrons. The molecule has 0 radical (unpaired) electrons. The first kappa shape index (κ1) is 19.4. The van der Waals surface area contributed by atoms with Crippen molar-refractivity contribution < 1.29 is 19.5 Å². The summed E-state index contributed by atoms with van der Waals surface area (Å²) in [7, 11) is 0. The smallest absolute Gasteiger partial charge is 0.320 e. The summed E-state index contributed by atoms with van der Waals surface area (Å²) in [4.78, 5) is 39.7. The summed E-state index contributed by atoms with van der Waals surface area (Å²) < 4.78 is 1.49. The highest BCUT2D eigenvalue weighted by Crippen LogP contribution is 2.33. The summed E-state index contributed by atoms with van der Waals surface area (Å²) in [5.41, 5.74) is 1.82. The highest BCUT2D eigenvalue weighted by Gasteiger charge is 2.30. The van der Waals surface area contributed by atoms with Gasteiger partial charge >= 0.3 is 6.03 Å². The van der Waals surface area contributed by atoms with E-state index in [1.807, 2.05) is 19.1 Å². The number of hydrogen-bond donors (Lipinski definition) is 4. The molecule has 1 atom stereocenters. The third-order valence-electron chi connectivity index (χ3n) is 5.04. The van der Waals surface area contributed by atoms with E-state index < -0.39 is 11.9 Å². The van der Waals surface area contributed by atoms with E-state index in [4.69, 9.17) is 0 Å². The van der Waals surface area contributed by atoms with Crippen molar-refractivity contribution in [1.29, 1.82) is 0 Å². The van der Waals surface area contributed by atoms with Gasteiger partial charge in [-0.05, 0) is 48.7 Å². The molecule has 3 aromatic rings. The van der Waals surface area contributed by atoms with Crippen molar-refractivity contribution in [3.05, 3.63) is 53.9 Å². The number of rotatable bonds is 4. The first-order chi connectivity index (χ1) is 14.4. The Labute approximate surface area is 172 Å². The number of piperidine rings is 1. The van der Waals surface area contributed by atoms with Crippen LogP contribution in [0.1, 0.15) is 30.0 Å². The highest BCUT2D eigenvalue weighted by molar-refractivity contribution is 6.00. The van der Waals surface area contributed by atoms with Gasteiger partial charge in [-0.1, -0.05) is 6.07 Å². The van der Waals surface area contributed by atoms with E-state index in [9.17, 15) is 19.5 Å². The molecule has 1 aliphatic heterocycles. The van der Waals surface area contributed by atoms with Crippen molar-refractivity contribution in [2.24, 2.45) is 0 Å². The summed E-state index contributed by atoms with van der Waals surface area (Å²) in [6.45, 7) is 2.19. The van der Waals surface area contributed by atoms with Crippen LogP contribution in [0.25, 0.3) is 10.8 Å². The Kier molecular flexibility index (Phi) is 5.09. The van der Waals surface area contributed by atoms with E-state index in [0.29, 0.717) is 17.6 Å². The number of pyridine rings is 1. The number of fused-ring (bicyclic) bond motifs is 1. The molecule has 0 spiro atoms. The van der Waals surface area contributed by atoms with Crippen molar-refractivity contribution >= 4 is 34.4 Å². The monoisotopic (exact) mass is 407 g/mol. The van der Waals surface area contributed by atoms with Gasteiger partial charge < -0.3 is 15.0 Å². The number of aryl methyl sites for hydroxylation is 1. The first-order valence-corrected chi connectivity index (χ1v) is 9.54. The molecule has 1 unspecified atom stereocenters. The number of aromatic hydroxyl groups is 1. The third-order valence-corrected chi connectivity index (χ3v) is 5.04. The van der Waals surface area contributed by atoms with Crippen LogP contribution in [0.3, 0.4) is 0 Å². The minimum absolute atomic E-state index is 0.0257. The first-order valence-electron chi connectivity index (χ1n) is 9.54. The molecule has 4 N–H and O–H groups in total. The minimum atomic E-state index is -0.635. The van der Waals surface area contributed by atoms with Crippen molar-refractivity contribution in [3.8, 4) is 5.88 Å². The molecule has 1 fully saturated rings. The maximum absolute atomic E-state index is 12.1. The van der Waals surface area contributed by atoms with Gasteiger partial charge in [0.15, 0.2) is 5.88 Å². The molecule has 1 aromatic carbocycles. The second kappa shape index (κ2) is 7.86. The fraction of sp³-hybridized carbons (Fsp3) is 0.238. The molecule has 3 heterocycles. The van der Waals surface area contributed by atoms with Crippen LogP contribution in [0, 0.1) is 6.92 Å². The number of urea groups is 1. The predicted octanol–water partition coefficient (Wildman–Crippen LogP) is 2.35. The molecule has 4 amide bonds. The third kappa shape index (κ3) is 3.95. The highest BCUT2D eigenvalue weighted by atomic mass is 16.3. The molecule has 9 heteroatoms. The van der Waals surface area contributed by atoms with E-state index in [-0.39, 0.29) is 30.8 Å². The van der Waals surface area contributed by atoms with Gasteiger partial charge in [0.1, 0.15) is 11.9 Å². The summed E-state index contributed by atoms with van der Waals surface area (Å²) in [6, 6.07) is 7.97. The lowest BCUT2D eigenvalue weighted by molar-refractivity contribution is -0.135. The molecule has 4 rings (SSSR count). The fourth-order valence-corrected chi connectivity index (χ4v) is 3.52. The number of nitrogens with zero attached hydrogens (tertiary/aromatic N) is 2. The van der Waals surface area contributed by atoms with Gasteiger partial charge in [0.2, 0.25) is 11.8 Å². The van der Waals surface area contributed by atoms with Gasteiger partial charge in [-0.3, -0.25) is 20.2 Å². The number of amides is 4. The number of carbonyl (C=O) groups excluding carboxylic acids is 3. The Bertz CT molecular complexity index is 1150. The molecular weight excluding hydrogens is 386 g/mol. The SMILES string of the molecule is Cc1ccnc(NC(=O)NCc2ccc3c(O)n(C4CCC(=O)NC4=O)cc3c2)c1. The zero-order valence-electron chi connectivity index (χ0n) is 16.3. The summed E-state index contributed by atoms with van der Waals surface area (Å²) in [5, 5.41) is 19.6. The molecule has 1 aliphatic rings. The maximum Gasteiger partial charge on any atom is 0.320 e. The Morgan fingerprint density at radius 3 is 2.90 bits per heavy atom. The summed E-state index contributed by atoms with van der Waals surface area (Å²) in [5.74, 6) is -0.290. The largest absolute Gasteiger partial charge is 0.494 e. The zero-order chi connectivity index (χ0) is 21.3. The van der Waals surface area contributed by atoms with Crippen LogP contribution in [-0.2, 0) is 16.1 Å². The molecule has 30 heavy (non-hydrogen) atoms. The van der Waals surface area contributed by atoms with Gasteiger partial charge in [-0.25, -0.2) is 9.78 Å². The van der Waals surface area contributed by atoms with Gasteiger partial charge in [-0.15, -0.1) is 0 Å². The van der Waals surface area contributed by atoms with E-state index in [1.54, 1.807) is 30.6 Å². The van der Waals surface area contributed by atoms with Crippen LogP contribution in [0.5, 0.6) is 5.88 Å². The maximum atomic E-state index is 12.1. The van der Waals surface area contributed by atoms with E-state index in [1.165, 1.54) is 4.57 Å². The van der Waals surface area contributed by atoms with Crippen LogP contribution in [0.15, 0.2) is 42.7 Å². The van der Waals surface area contributed by atoms with Crippen LogP contribution >= 0.6 is 0 Å². The Hall–Kier alpha value is -3.88. The molecule has 1 saturated heterocycles. The zero-order valence-corrected chi connectivity index (χ0v) is 16.3. The van der Waals surface area contributed by atoms with Crippen LogP contribution in [0.2, 0.25) is 0 Å². The molecule has 2 aromatic heterocycles. The number of carbonyl (C=O) groups is 3. The predicted molar refractivity (Wildman–Crippen MR) is 110 cm³/mol. The summed E-state index contributed by atoms with van der Waals surface area (Å²) >= 11 is 0. The molecule has 0 saturated carbocycles. The lowest BCUT2D eigenvalue weighted by atomic mass is 10.1. The number of benzene rings is 1. The number of anilines is 1. The van der Waals surface area contributed by atoms with Gasteiger partial charge in [0.05, 0.1) is 0 Å². The minimum Gasteiger partial charge on any atom is -0.494 e. The van der Waals surface area contributed by atoms with Crippen molar-refractivity contribution in [1.82, 2.24) is 20.2 Å². The van der Waals surface area contributed by atoms with Crippen molar-refractivity contribution in [3.63, 3.8) is 0 Å². The quantitative estimate of drug-likeness (QED) is 0.494. The Morgan fingerprint density at radius 1 is 1.30 bits per heavy atom. The Morgan fingerprint density at radius 2 is 2.13 bits per heavy atom. The average molecular weight is 407 g/mol. The van der Waals surface area contributed by atoms with Crippen molar-refractivity contribution in [2.75, 3.05) is 5.32 Å².